The van der Waals surface area contributed by atoms with Crippen LogP contribution in [0.3, 0.4) is 0 Å². The van der Waals surface area contributed by atoms with E-state index in [4.69, 9.17) is 0 Å². The number of pyridine rings is 1. The fourth-order valence-electron chi connectivity index (χ4n) is 1.59. The minimum absolute atomic E-state index is 0.0469. The Morgan fingerprint density at radius 2 is 1.89 bits per heavy atom. The van der Waals surface area contributed by atoms with Gasteiger partial charge >= 0.3 is 0 Å². The molecule has 0 radical (unpaired) electrons. The molecule has 1 aromatic heterocycles. The van der Waals surface area contributed by atoms with Crippen molar-refractivity contribution in [3.8, 4) is 0 Å². The molecule has 1 amide bonds. The molecule has 1 atom stereocenters. The average molecular weight is 272 g/mol. The van der Waals surface area contributed by atoms with Crippen LogP contribution < -0.4 is 5.32 Å². The van der Waals surface area contributed by atoms with Crippen molar-refractivity contribution >= 4 is 17.7 Å². The van der Waals surface area contributed by atoms with E-state index in [1.807, 2.05) is 49.4 Å². The minimum atomic E-state index is -0.107. The first kappa shape index (κ1) is 13.6. The molecule has 2 aromatic rings. The maximum atomic E-state index is 12.0. The zero-order valence-electron chi connectivity index (χ0n) is 10.7. The number of nitrogens with zero attached hydrogens (tertiary/aromatic N) is 1. The molecule has 0 spiro atoms. The molecule has 1 aromatic carbocycles. The maximum Gasteiger partial charge on any atom is 0.233 e. The first-order valence-corrected chi connectivity index (χ1v) is 7.02. The number of rotatable bonds is 5. The molecule has 4 heteroatoms. The van der Waals surface area contributed by atoms with E-state index in [0.29, 0.717) is 6.54 Å². The van der Waals surface area contributed by atoms with Gasteiger partial charge < -0.3 is 5.32 Å². The molecule has 98 valence electrons. The van der Waals surface area contributed by atoms with Gasteiger partial charge in [-0.25, -0.2) is 0 Å². The van der Waals surface area contributed by atoms with Gasteiger partial charge in [0.05, 0.1) is 5.25 Å². The number of hydrogen-bond donors (Lipinski definition) is 1. The number of amides is 1. The lowest BCUT2D eigenvalue weighted by atomic mass is 10.2. The van der Waals surface area contributed by atoms with Crippen LogP contribution in [0.15, 0.2) is 59.8 Å². The van der Waals surface area contributed by atoms with Crippen LogP contribution in [0, 0.1) is 0 Å². The van der Waals surface area contributed by atoms with Crippen LogP contribution in [-0.4, -0.2) is 16.1 Å². The maximum absolute atomic E-state index is 12.0. The molecule has 0 aliphatic carbocycles. The summed E-state index contributed by atoms with van der Waals surface area (Å²) >= 11 is 1.56. The standard InChI is InChI=1S/C15H16N2OS/c1-12(19-14-5-3-2-4-6-14)15(18)17-11-13-7-9-16-10-8-13/h2-10,12H,11H2,1H3,(H,17,18)/t12-/m0/s1. The summed E-state index contributed by atoms with van der Waals surface area (Å²) in [6.45, 7) is 2.46. The Hall–Kier alpha value is -1.81. The highest BCUT2D eigenvalue weighted by Crippen LogP contribution is 2.22. The molecule has 3 nitrogen and oxygen atoms in total. The van der Waals surface area contributed by atoms with Crippen molar-refractivity contribution in [1.82, 2.24) is 10.3 Å². The summed E-state index contributed by atoms with van der Waals surface area (Å²) < 4.78 is 0. The van der Waals surface area contributed by atoms with Crippen molar-refractivity contribution in [1.29, 1.82) is 0 Å². The van der Waals surface area contributed by atoms with E-state index in [2.05, 4.69) is 10.3 Å². The second kappa shape index (κ2) is 6.95. The van der Waals surface area contributed by atoms with E-state index in [1.165, 1.54) is 0 Å². The first-order chi connectivity index (χ1) is 9.25. The highest BCUT2D eigenvalue weighted by Gasteiger charge is 2.13. The lowest BCUT2D eigenvalue weighted by Crippen LogP contribution is -2.30. The molecular formula is C15H16N2OS. The molecule has 0 aliphatic rings. The van der Waals surface area contributed by atoms with Gasteiger partial charge in [-0.2, -0.15) is 0 Å². The molecule has 1 N–H and O–H groups in total. The summed E-state index contributed by atoms with van der Waals surface area (Å²) in [5, 5.41) is 2.82. The van der Waals surface area contributed by atoms with Crippen molar-refractivity contribution < 1.29 is 4.79 Å². The van der Waals surface area contributed by atoms with Crippen LogP contribution in [-0.2, 0) is 11.3 Å². The van der Waals surface area contributed by atoms with E-state index in [9.17, 15) is 4.79 Å². The molecule has 0 saturated heterocycles. The van der Waals surface area contributed by atoms with Gasteiger partial charge in [0.2, 0.25) is 5.91 Å². The Kier molecular flexibility index (Phi) is 4.98. The molecule has 0 unspecified atom stereocenters. The number of carbonyl (C=O) groups is 1. The molecule has 0 aliphatic heterocycles. The van der Waals surface area contributed by atoms with Crippen molar-refractivity contribution in [2.45, 2.75) is 23.6 Å². The van der Waals surface area contributed by atoms with Crippen molar-refractivity contribution in [2.75, 3.05) is 0 Å². The van der Waals surface area contributed by atoms with Crippen molar-refractivity contribution in [3.05, 3.63) is 60.4 Å². The predicted octanol–water partition coefficient (Wildman–Crippen LogP) is 2.88. The Bertz CT molecular complexity index is 516. The van der Waals surface area contributed by atoms with Crippen molar-refractivity contribution in [2.24, 2.45) is 0 Å². The van der Waals surface area contributed by atoms with Crippen molar-refractivity contribution in [3.63, 3.8) is 0 Å². The second-order valence-corrected chi connectivity index (χ2v) is 5.56. The number of hydrogen-bond acceptors (Lipinski definition) is 3. The van der Waals surface area contributed by atoms with E-state index >= 15 is 0 Å². The highest BCUT2D eigenvalue weighted by molar-refractivity contribution is 8.00. The molecule has 0 fully saturated rings. The fraction of sp³-hybridized carbons (Fsp3) is 0.200. The van der Waals surface area contributed by atoms with Crippen LogP contribution >= 0.6 is 11.8 Å². The average Bonchev–Trinajstić information content (AvgIpc) is 2.47. The third-order valence-electron chi connectivity index (χ3n) is 2.64. The fourth-order valence-corrected chi connectivity index (χ4v) is 2.50. The van der Waals surface area contributed by atoms with Crippen LogP contribution in [0.5, 0.6) is 0 Å². The summed E-state index contributed by atoms with van der Waals surface area (Å²) in [4.78, 5) is 17.0. The molecule has 19 heavy (non-hydrogen) atoms. The van der Waals surface area contributed by atoms with Gasteiger partial charge in [-0.15, -0.1) is 11.8 Å². The Balaban J connectivity index is 1.83. The Labute approximate surface area is 117 Å². The van der Waals surface area contributed by atoms with E-state index in [-0.39, 0.29) is 11.2 Å². The topological polar surface area (TPSA) is 42.0 Å². The van der Waals surface area contributed by atoms with Gasteiger partial charge in [0.15, 0.2) is 0 Å². The van der Waals surface area contributed by atoms with Gasteiger partial charge in [-0.05, 0) is 36.8 Å². The second-order valence-electron chi connectivity index (χ2n) is 4.15. The van der Waals surface area contributed by atoms with E-state index < -0.39 is 0 Å². The quantitative estimate of drug-likeness (QED) is 0.851. The zero-order valence-corrected chi connectivity index (χ0v) is 11.6. The minimum Gasteiger partial charge on any atom is -0.351 e. The van der Waals surface area contributed by atoms with Crippen LogP contribution in [0.4, 0.5) is 0 Å². The number of benzene rings is 1. The number of carbonyl (C=O) groups excluding carboxylic acids is 1. The van der Waals surface area contributed by atoms with Crippen LogP contribution in [0.1, 0.15) is 12.5 Å². The molecular weight excluding hydrogens is 256 g/mol. The molecule has 1 heterocycles. The van der Waals surface area contributed by atoms with E-state index in [0.717, 1.165) is 10.5 Å². The third-order valence-corrected chi connectivity index (χ3v) is 3.75. The summed E-state index contributed by atoms with van der Waals surface area (Å²) in [7, 11) is 0. The summed E-state index contributed by atoms with van der Waals surface area (Å²) in [5.74, 6) is 0.0469. The SMILES string of the molecule is C[C@H](Sc1ccccc1)C(=O)NCc1ccncc1. The Morgan fingerprint density at radius 1 is 1.21 bits per heavy atom. The normalized spacial score (nSPS) is 11.8. The predicted molar refractivity (Wildman–Crippen MR) is 77.8 cm³/mol. The monoisotopic (exact) mass is 272 g/mol. The molecule has 0 saturated carbocycles. The summed E-state index contributed by atoms with van der Waals surface area (Å²) in [6, 6.07) is 13.7. The lowest BCUT2D eigenvalue weighted by molar-refractivity contribution is -0.120. The number of thioether (sulfide) groups is 1. The van der Waals surface area contributed by atoms with Gasteiger partial charge in [0.1, 0.15) is 0 Å². The van der Waals surface area contributed by atoms with Crippen LogP contribution in [0.2, 0.25) is 0 Å². The molecule has 0 bridgehead atoms. The van der Waals surface area contributed by atoms with Crippen LogP contribution in [0.25, 0.3) is 0 Å². The largest absolute Gasteiger partial charge is 0.351 e. The molecule has 2 rings (SSSR count). The third kappa shape index (κ3) is 4.41. The zero-order chi connectivity index (χ0) is 13.5. The highest BCUT2D eigenvalue weighted by atomic mass is 32.2. The number of nitrogens with one attached hydrogen (secondary N) is 1. The number of aromatic nitrogens is 1. The lowest BCUT2D eigenvalue weighted by Gasteiger charge is -2.11. The van der Waals surface area contributed by atoms with Gasteiger partial charge in [-0.1, -0.05) is 18.2 Å². The summed E-state index contributed by atoms with van der Waals surface area (Å²) in [6.07, 6.45) is 3.45. The summed E-state index contributed by atoms with van der Waals surface area (Å²) in [5.41, 5.74) is 1.06. The van der Waals surface area contributed by atoms with Gasteiger partial charge in [0, 0.05) is 23.8 Å². The smallest absolute Gasteiger partial charge is 0.233 e. The first-order valence-electron chi connectivity index (χ1n) is 6.14. The van der Waals surface area contributed by atoms with Gasteiger partial charge in [0.25, 0.3) is 0 Å². The van der Waals surface area contributed by atoms with Gasteiger partial charge in [-0.3, -0.25) is 9.78 Å². The van der Waals surface area contributed by atoms with E-state index in [1.54, 1.807) is 24.2 Å². The Morgan fingerprint density at radius 3 is 2.58 bits per heavy atom.